The van der Waals surface area contributed by atoms with E-state index < -0.39 is 0 Å². The van der Waals surface area contributed by atoms with E-state index in [1.54, 1.807) is 6.20 Å². The zero-order chi connectivity index (χ0) is 11.5. The average Bonchev–Trinajstić information content (AvgIpc) is 2.71. The summed E-state index contributed by atoms with van der Waals surface area (Å²) in [5.41, 5.74) is 1.81. The summed E-state index contributed by atoms with van der Waals surface area (Å²) in [6.45, 7) is 1.90. The van der Waals surface area contributed by atoms with Crippen molar-refractivity contribution in [2.24, 2.45) is 0 Å². The van der Waals surface area contributed by atoms with Crippen molar-refractivity contribution in [1.82, 2.24) is 4.98 Å². The summed E-state index contributed by atoms with van der Waals surface area (Å²) in [6.07, 6.45) is 1.74. The molecule has 2 aromatic rings. The average molecular weight is 233 g/mol. The van der Waals surface area contributed by atoms with Gasteiger partial charge in [-0.15, -0.1) is 11.3 Å². The summed E-state index contributed by atoms with van der Waals surface area (Å²) < 4.78 is 4.72. The summed E-state index contributed by atoms with van der Waals surface area (Å²) in [5, 5.41) is 0. The zero-order valence-corrected chi connectivity index (χ0v) is 9.88. The normalized spacial score (nSPS) is 10.1. The molecule has 0 aliphatic rings. The molecule has 16 heavy (non-hydrogen) atoms. The summed E-state index contributed by atoms with van der Waals surface area (Å²) in [4.78, 5) is 17.3. The maximum Gasteiger partial charge on any atom is 0.348 e. The first-order valence-electron chi connectivity index (χ1n) is 4.82. The van der Waals surface area contributed by atoms with E-state index in [4.69, 9.17) is 4.74 Å². The summed E-state index contributed by atoms with van der Waals surface area (Å²) in [5.74, 6) is -0.287. The van der Waals surface area contributed by atoms with Crippen LogP contribution in [-0.4, -0.2) is 18.1 Å². The quantitative estimate of drug-likeness (QED) is 0.749. The molecule has 2 aromatic heterocycles. The van der Waals surface area contributed by atoms with Crippen LogP contribution in [0.2, 0.25) is 0 Å². The molecule has 0 fully saturated rings. The zero-order valence-electron chi connectivity index (χ0n) is 9.06. The van der Waals surface area contributed by atoms with Gasteiger partial charge in [-0.2, -0.15) is 0 Å². The van der Waals surface area contributed by atoms with Crippen molar-refractivity contribution in [3.8, 4) is 10.6 Å². The molecule has 3 nitrogen and oxygen atoms in total. The van der Waals surface area contributed by atoms with E-state index >= 15 is 0 Å². The van der Waals surface area contributed by atoms with E-state index in [1.165, 1.54) is 18.4 Å². The highest BCUT2D eigenvalue weighted by Gasteiger charge is 2.14. The number of aryl methyl sites for hydroxylation is 1. The minimum atomic E-state index is -0.287. The molecule has 0 unspecified atom stereocenters. The molecule has 0 bridgehead atoms. The molecule has 82 valence electrons. The number of carbonyl (C=O) groups is 1. The van der Waals surface area contributed by atoms with Gasteiger partial charge in [0.2, 0.25) is 0 Å². The van der Waals surface area contributed by atoms with Crippen molar-refractivity contribution in [3.63, 3.8) is 0 Å². The van der Waals surface area contributed by atoms with Crippen LogP contribution in [0, 0.1) is 6.92 Å². The molecular weight excluding hydrogens is 222 g/mol. The third-order valence-corrected chi connectivity index (χ3v) is 3.45. The molecule has 0 atom stereocenters. The lowest BCUT2D eigenvalue weighted by atomic mass is 10.2. The molecular formula is C12H11NO2S. The van der Waals surface area contributed by atoms with Crippen molar-refractivity contribution in [2.75, 3.05) is 7.11 Å². The standard InChI is InChI=1S/C12H11NO2S/c1-8-7-10(9-5-3-4-6-13-9)16-11(8)12(14)15-2/h3-7H,1-2H3. The molecule has 0 saturated heterocycles. The smallest absolute Gasteiger partial charge is 0.348 e. The largest absolute Gasteiger partial charge is 0.465 e. The molecule has 0 amide bonds. The first kappa shape index (κ1) is 10.8. The fourth-order valence-electron chi connectivity index (χ4n) is 1.41. The minimum Gasteiger partial charge on any atom is -0.465 e. The first-order chi connectivity index (χ1) is 7.72. The summed E-state index contributed by atoms with van der Waals surface area (Å²) >= 11 is 1.41. The maximum absolute atomic E-state index is 11.4. The van der Waals surface area contributed by atoms with Crippen LogP contribution in [0.3, 0.4) is 0 Å². The van der Waals surface area contributed by atoms with Gasteiger partial charge in [0.15, 0.2) is 0 Å². The number of methoxy groups -OCH3 is 1. The molecule has 0 saturated carbocycles. The van der Waals surface area contributed by atoms with Crippen molar-refractivity contribution in [3.05, 3.63) is 40.9 Å². The number of carbonyl (C=O) groups excluding carboxylic acids is 1. The lowest BCUT2D eigenvalue weighted by Crippen LogP contribution is -1.99. The van der Waals surface area contributed by atoms with E-state index in [-0.39, 0.29) is 5.97 Å². The summed E-state index contributed by atoms with van der Waals surface area (Å²) in [7, 11) is 1.39. The Hall–Kier alpha value is -1.68. The SMILES string of the molecule is COC(=O)c1sc(-c2ccccn2)cc1C. The van der Waals surface area contributed by atoms with Crippen LogP contribution in [0.4, 0.5) is 0 Å². The number of thiophene rings is 1. The van der Waals surface area contributed by atoms with E-state index in [0.717, 1.165) is 16.1 Å². The van der Waals surface area contributed by atoms with E-state index in [9.17, 15) is 4.79 Å². The fraction of sp³-hybridized carbons (Fsp3) is 0.167. The van der Waals surface area contributed by atoms with Crippen LogP contribution < -0.4 is 0 Å². The van der Waals surface area contributed by atoms with Gasteiger partial charge in [0.25, 0.3) is 0 Å². The lowest BCUT2D eigenvalue weighted by molar-refractivity contribution is 0.0605. The Morgan fingerprint density at radius 1 is 1.44 bits per heavy atom. The molecule has 0 spiro atoms. The minimum absolute atomic E-state index is 0.287. The van der Waals surface area contributed by atoms with Gasteiger partial charge in [-0.3, -0.25) is 4.98 Å². The number of ether oxygens (including phenoxy) is 1. The Balaban J connectivity index is 2.42. The predicted molar refractivity (Wildman–Crippen MR) is 63.6 cm³/mol. The number of esters is 1. The highest BCUT2D eigenvalue weighted by atomic mass is 32.1. The van der Waals surface area contributed by atoms with Crippen molar-refractivity contribution in [1.29, 1.82) is 0 Å². The Kier molecular flexibility index (Phi) is 3.01. The van der Waals surface area contributed by atoms with Gasteiger partial charge in [0, 0.05) is 6.20 Å². The monoisotopic (exact) mass is 233 g/mol. The third-order valence-electron chi connectivity index (χ3n) is 2.21. The van der Waals surface area contributed by atoms with Gasteiger partial charge in [-0.05, 0) is 30.7 Å². The second-order valence-corrected chi connectivity index (χ2v) is 4.38. The van der Waals surface area contributed by atoms with Crippen molar-refractivity contribution in [2.45, 2.75) is 6.92 Å². The number of pyridine rings is 1. The van der Waals surface area contributed by atoms with Gasteiger partial charge in [-0.25, -0.2) is 4.79 Å². The van der Waals surface area contributed by atoms with Crippen molar-refractivity contribution >= 4 is 17.3 Å². The first-order valence-corrected chi connectivity index (χ1v) is 5.64. The predicted octanol–water partition coefficient (Wildman–Crippen LogP) is 2.91. The highest BCUT2D eigenvalue weighted by Crippen LogP contribution is 2.30. The number of rotatable bonds is 2. The third kappa shape index (κ3) is 1.97. The van der Waals surface area contributed by atoms with Crippen LogP contribution in [0.5, 0.6) is 0 Å². The van der Waals surface area contributed by atoms with E-state index in [2.05, 4.69) is 4.98 Å². The molecule has 2 rings (SSSR count). The van der Waals surface area contributed by atoms with Crippen LogP contribution in [0.15, 0.2) is 30.5 Å². The lowest BCUT2D eigenvalue weighted by Gasteiger charge is -1.95. The molecule has 0 N–H and O–H groups in total. The fourth-order valence-corrected chi connectivity index (χ4v) is 2.48. The van der Waals surface area contributed by atoms with Crippen LogP contribution in [-0.2, 0) is 4.74 Å². The molecule has 0 aliphatic carbocycles. The van der Waals surface area contributed by atoms with Crippen LogP contribution in [0.1, 0.15) is 15.2 Å². The van der Waals surface area contributed by atoms with Crippen LogP contribution >= 0.6 is 11.3 Å². The van der Waals surface area contributed by atoms with Gasteiger partial charge >= 0.3 is 5.97 Å². The number of aromatic nitrogens is 1. The number of hydrogen-bond donors (Lipinski definition) is 0. The Labute approximate surface area is 97.7 Å². The van der Waals surface area contributed by atoms with E-state index in [1.807, 2.05) is 31.2 Å². The Morgan fingerprint density at radius 3 is 2.88 bits per heavy atom. The van der Waals surface area contributed by atoms with Gasteiger partial charge < -0.3 is 4.74 Å². The van der Waals surface area contributed by atoms with Crippen LogP contribution in [0.25, 0.3) is 10.6 Å². The molecule has 4 heteroatoms. The molecule has 0 radical (unpaired) electrons. The molecule has 2 heterocycles. The Morgan fingerprint density at radius 2 is 2.25 bits per heavy atom. The van der Waals surface area contributed by atoms with Gasteiger partial charge in [0.1, 0.15) is 4.88 Å². The Bertz CT molecular complexity index is 505. The second-order valence-electron chi connectivity index (χ2n) is 3.33. The van der Waals surface area contributed by atoms with E-state index in [0.29, 0.717) is 4.88 Å². The highest BCUT2D eigenvalue weighted by molar-refractivity contribution is 7.17. The topological polar surface area (TPSA) is 39.2 Å². The van der Waals surface area contributed by atoms with Gasteiger partial charge in [0.05, 0.1) is 17.7 Å². The number of hydrogen-bond acceptors (Lipinski definition) is 4. The van der Waals surface area contributed by atoms with Crippen molar-refractivity contribution < 1.29 is 9.53 Å². The number of nitrogens with zero attached hydrogens (tertiary/aromatic N) is 1. The van der Waals surface area contributed by atoms with Gasteiger partial charge in [-0.1, -0.05) is 6.07 Å². The molecule has 0 aliphatic heterocycles. The molecule has 0 aromatic carbocycles. The summed E-state index contributed by atoms with van der Waals surface area (Å²) in [6, 6.07) is 7.67. The maximum atomic E-state index is 11.4. The second kappa shape index (κ2) is 4.45.